The molecule has 2 aliphatic heterocycles. The summed E-state index contributed by atoms with van der Waals surface area (Å²) < 4.78 is 4.98. The lowest BCUT2D eigenvalue weighted by Crippen LogP contribution is -2.47. The van der Waals surface area contributed by atoms with Crippen LogP contribution in [-0.4, -0.2) is 60.5 Å². The molecule has 1 fully saturated rings. The van der Waals surface area contributed by atoms with Gasteiger partial charge in [-0.2, -0.15) is 0 Å². The van der Waals surface area contributed by atoms with Crippen molar-refractivity contribution in [3.05, 3.63) is 29.8 Å². The lowest BCUT2D eigenvalue weighted by atomic mass is 10.0. The molecule has 1 atom stereocenters. The van der Waals surface area contributed by atoms with Crippen molar-refractivity contribution in [1.82, 2.24) is 15.5 Å². The third kappa shape index (κ3) is 5.24. The van der Waals surface area contributed by atoms with Crippen LogP contribution in [0.25, 0.3) is 0 Å². The number of hydrogen-bond donors (Lipinski definition) is 3. The van der Waals surface area contributed by atoms with E-state index in [1.807, 2.05) is 0 Å². The number of carbonyl (C=O) groups is 4. The molecule has 0 unspecified atom stereocenters. The van der Waals surface area contributed by atoms with Crippen LogP contribution < -0.4 is 16.0 Å². The van der Waals surface area contributed by atoms with Crippen LogP contribution in [0.2, 0.25) is 0 Å². The molecule has 1 aromatic carbocycles. The number of amides is 4. The van der Waals surface area contributed by atoms with E-state index in [0.29, 0.717) is 43.8 Å². The first-order valence-electron chi connectivity index (χ1n) is 9.89. The zero-order valence-electron chi connectivity index (χ0n) is 16.4. The average molecular weight is 402 g/mol. The van der Waals surface area contributed by atoms with Gasteiger partial charge in [-0.25, -0.2) is 4.79 Å². The Morgan fingerprint density at radius 1 is 1.21 bits per heavy atom. The maximum atomic E-state index is 12.4. The predicted molar refractivity (Wildman–Crippen MR) is 105 cm³/mol. The standard InChI is InChI=1S/C20H26N4O5/c1-2-29-20(28)24-11-9-13(10-12-24)21-17(25)8-7-16-19(27)22-15-6-4-3-5-14(15)18(26)23-16/h3-6,13,16H,2,7-12H2,1H3,(H,21,25)(H,22,27)(H,23,26)/t16-/m0/s1. The van der Waals surface area contributed by atoms with Gasteiger partial charge in [-0.15, -0.1) is 0 Å². The van der Waals surface area contributed by atoms with Crippen LogP contribution in [0.15, 0.2) is 24.3 Å². The second kappa shape index (κ2) is 9.40. The summed E-state index contributed by atoms with van der Waals surface area (Å²) >= 11 is 0. The highest BCUT2D eigenvalue weighted by Crippen LogP contribution is 2.19. The highest BCUT2D eigenvalue weighted by Gasteiger charge is 2.29. The lowest BCUT2D eigenvalue weighted by Gasteiger charge is -2.31. The van der Waals surface area contributed by atoms with Crippen LogP contribution >= 0.6 is 0 Å². The smallest absolute Gasteiger partial charge is 0.409 e. The van der Waals surface area contributed by atoms with Gasteiger partial charge >= 0.3 is 6.09 Å². The van der Waals surface area contributed by atoms with Crippen molar-refractivity contribution < 1.29 is 23.9 Å². The van der Waals surface area contributed by atoms with Crippen LogP contribution in [0.1, 0.15) is 43.0 Å². The molecule has 9 nitrogen and oxygen atoms in total. The van der Waals surface area contributed by atoms with E-state index in [1.54, 1.807) is 36.1 Å². The zero-order valence-corrected chi connectivity index (χ0v) is 16.4. The zero-order chi connectivity index (χ0) is 20.8. The molecule has 1 aromatic rings. The number of para-hydroxylation sites is 1. The molecule has 0 aromatic heterocycles. The fraction of sp³-hybridized carbons (Fsp3) is 0.500. The minimum atomic E-state index is -0.772. The molecule has 2 heterocycles. The van der Waals surface area contributed by atoms with E-state index in [9.17, 15) is 19.2 Å². The molecule has 29 heavy (non-hydrogen) atoms. The summed E-state index contributed by atoms with van der Waals surface area (Å²) in [5.74, 6) is -0.849. The van der Waals surface area contributed by atoms with Gasteiger partial charge in [0.05, 0.1) is 17.9 Å². The summed E-state index contributed by atoms with van der Waals surface area (Å²) in [6.07, 6.45) is 1.31. The van der Waals surface area contributed by atoms with Crippen LogP contribution in [-0.2, 0) is 14.3 Å². The molecule has 0 saturated carbocycles. The Balaban J connectivity index is 1.45. The number of benzene rings is 1. The number of carbonyl (C=O) groups excluding carboxylic acids is 4. The van der Waals surface area contributed by atoms with Crippen molar-refractivity contribution >= 4 is 29.5 Å². The first kappa shape index (κ1) is 20.6. The molecule has 1 saturated heterocycles. The topological polar surface area (TPSA) is 117 Å². The van der Waals surface area contributed by atoms with Gasteiger partial charge in [0.2, 0.25) is 11.8 Å². The maximum Gasteiger partial charge on any atom is 0.409 e. The maximum absolute atomic E-state index is 12.4. The Hall–Kier alpha value is -3.10. The van der Waals surface area contributed by atoms with Crippen molar-refractivity contribution in [3.8, 4) is 0 Å². The molecule has 3 rings (SSSR count). The Bertz CT molecular complexity index is 789. The van der Waals surface area contributed by atoms with Crippen LogP contribution in [0.4, 0.5) is 10.5 Å². The van der Waals surface area contributed by atoms with E-state index in [0.717, 1.165) is 0 Å². The third-order valence-corrected chi connectivity index (χ3v) is 5.10. The Kier molecular flexibility index (Phi) is 6.69. The molecule has 4 amide bonds. The molecule has 9 heteroatoms. The van der Waals surface area contributed by atoms with Gasteiger partial charge in [0, 0.05) is 25.6 Å². The fourth-order valence-corrected chi connectivity index (χ4v) is 3.51. The number of hydrogen-bond acceptors (Lipinski definition) is 5. The number of fused-ring (bicyclic) bond motifs is 1. The van der Waals surface area contributed by atoms with Crippen molar-refractivity contribution in [2.24, 2.45) is 0 Å². The van der Waals surface area contributed by atoms with Gasteiger partial charge in [0.25, 0.3) is 5.91 Å². The van der Waals surface area contributed by atoms with Gasteiger partial charge in [0.1, 0.15) is 6.04 Å². The molecular formula is C20H26N4O5. The SMILES string of the molecule is CCOC(=O)N1CCC(NC(=O)CC[C@@H]2NC(=O)c3ccccc3NC2=O)CC1. The first-order chi connectivity index (χ1) is 14.0. The van der Waals surface area contributed by atoms with Crippen LogP contribution in [0.3, 0.4) is 0 Å². The molecule has 156 valence electrons. The van der Waals surface area contributed by atoms with Gasteiger partial charge in [-0.3, -0.25) is 14.4 Å². The summed E-state index contributed by atoms with van der Waals surface area (Å²) in [5, 5.41) is 8.36. The highest BCUT2D eigenvalue weighted by atomic mass is 16.6. The second-order valence-corrected chi connectivity index (χ2v) is 7.13. The van der Waals surface area contributed by atoms with E-state index < -0.39 is 6.04 Å². The molecule has 0 radical (unpaired) electrons. The van der Waals surface area contributed by atoms with E-state index in [4.69, 9.17) is 4.74 Å². The number of nitrogens with one attached hydrogen (secondary N) is 3. The number of piperidine rings is 1. The summed E-state index contributed by atoms with van der Waals surface area (Å²) in [5.41, 5.74) is 0.872. The number of anilines is 1. The second-order valence-electron chi connectivity index (χ2n) is 7.13. The summed E-state index contributed by atoms with van der Waals surface area (Å²) in [6.45, 7) is 3.17. The fourth-order valence-electron chi connectivity index (χ4n) is 3.51. The number of ether oxygens (including phenoxy) is 1. The molecule has 2 aliphatic rings. The molecular weight excluding hydrogens is 376 g/mol. The van der Waals surface area contributed by atoms with Gasteiger partial charge in [-0.1, -0.05) is 12.1 Å². The summed E-state index contributed by atoms with van der Waals surface area (Å²) in [4.78, 5) is 50.3. The highest BCUT2D eigenvalue weighted by molar-refractivity contribution is 6.09. The van der Waals surface area contributed by atoms with E-state index in [2.05, 4.69) is 16.0 Å². The van der Waals surface area contributed by atoms with Crippen molar-refractivity contribution in [2.75, 3.05) is 25.0 Å². The Morgan fingerprint density at radius 2 is 1.93 bits per heavy atom. The normalized spacial score (nSPS) is 19.5. The van der Waals surface area contributed by atoms with E-state index in [-0.39, 0.29) is 42.7 Å². The largest absolute Gasteiger partial charge is 0.450 e. The number of nitrogens with zero attached hydrogens (tertiary/aromatic N) is 1. The minimum Gasteiger partial charge on any atom is -0.450 e. The molecule has 0 spiro atoms. The van der Waals surface area contributed by atoms with Gasteiger partial charge in [-0.05, 0) is 38.3 Å². The molecule has 0 bridgehead atoms. The quantitative estimate of drug-likeness (QED) is 0.685. The van der Waals surface area contributed by atoms with Crippen molar-refractivity contribution in [1.29, 1.82) is 0 Å². The Morgan fingerprint density at radius 3 is 2.66 bits per heavy atom. The van der Waals surface area contributed by atoms with E-state index in [1.165, 1.54) is 0 Å². The monoisotopic (exact) mass is 402 g/mol. The predicted octanol–water partition coefficient (Wildman–Crippen LogP) is 1.25. The van der Waals surface area contributed by atoms with Crippen LogP contribution in [0, 0.1) is 0 Å². The molecule has 0 aliphatic carbocycles. The van der Waals surface area contributed by atoms with Gasteiger partial charge in [0.15, 0.2) is 0 Å². The van der Waals surface area contributed by atoms with Crippen molar-refractivity contribution in [3.63, 3.8) is 0 Å². The van der Waals surface area contributed by atoms with Crippen molar-refractivity contribution in [2.45, 2.75) is 44.7 Å². The summed E-state index contributed by atoms with van der Waals surface area (Å²) in [7, 11) is 0. The van der Waals surface area contributed by atoms with Gasteiger partial charge < -0.3 is 25.6 Å². The first-order valence-corrected chi connectivity index (χ1v) is 9.89. The van der Waals surface area contributed by atoms with E-state index >= 15 is 0 Å². The minimum absolute atomic E-state index is 0.0185. The molecule has 3 N–H and O–H groups in total. The van der Waals surface area contributed by atoms with Crippen LogP contribution in [0.5, 0.6) is 0 Å². The Labute approximate surface area is 169 Å². The lowest BCUT2D eigenvalue weighted by molar-refractivity contribution is -0.122. The average Bonchev–Trinajstić information content (AvgIpc) is 2.83. The third-order valence-electron chi connectivity index (χ3n) is 5.10. The number of likely N-dealkylation sites (tertiary alicyclic amines) is 1. The summed E-state index contributed by atoms with van der Waals surface area (Å²) in [6, 6.07) is 5.99. The number of rotatable bonds is 5.